The van der Waals surface area contributed by atoms with Crippen molar-refractivity contribution in [2.75, 3.05) is 33.4 Å². The molecule has 1 aromatic heterocycles. The molecule has 3 aromatic rings. The van der Waals surface area contributed by atoms with E-state index >= 15 is 0 Å². The maximum Gasteiger partial charge on any atom is 0.252 e. The largest absolute Gasteiger partial charge is 0.383 e. The number of hydrogen-bond acceptors (Lipinski definition) is 4. The van der Waals surface area contributed by atoms with Gasteiger partial charge in [-0.05, 0) is 49.1 Å². The fourth-order valence-electron chi connectivity index (χ4n) is 4.38. The van der Waals surface area contributed by atoms with Gasteiger partial charge in [-0.3, -0.25) is 14.6 Å². The molecule has 0 saturated carbocycles. The predicted octanol–water partition coefficient (Wildman–Crippen LogP) is 3.79. The summed E-state index contributed by atoms with van der Waals surface area (Å²) in [7, 11) is 1.61. The molecule has 0 bridgehead atoms. The third-order valence-corrected chi connectivity index (χ3v) is 6.46. The quantitative estimate of drug-likeness (QED) is 0.562. The molecule has 0 spiro atoms. The number of nitrogens with zero attached hydrogens (tertiary/aromatic N) is 2. The van der Waals surface area contributed by atoms with E-state index in [1.54, 1.807) is 7.11 Å². The molecule has 2 aromatic carbocycles. The third kappa shape index (κ3) is 5.22. The lowest BCUT2D eigenvalue weighted by Crippen LogP contribution is -2.30. The first kappa shape index (κ1) is 22.9. The molecular formula is C27H31N3O3. The Bertz CT molecular complexity index is 1170. The van der Waals surface area contributed by atoms with Crippen molar-refractivity contribution in [3.05, 3.63) is 76.5 Å². The number of aryl methyl sites for hydroxylation is 2. The van der Waals surface area contributed by atoms with Gasteiger partial charge in [-0.15, -0.1) is 0 Å². The highest BCUT2D eigenvalue weighted by Gasteiger charge is 2.29. The van der Waals surface area contributed by atoms with Crippen LogP contribution in [0.15, 0.2) is 48.5 Å². The van der Waals surface area contributed by atoms with Crippen molar-refractivity contribution in [2.24, 2.45) is 0 Å². The van der Waals surface area contributed by atoms with Crippen LogP contribution in [0.5, 0.6) is 0 Å². The summed E-state index contributed by atoms with van der Waals surface area (Å²) in [6.07, 6.45) is 1.25. The summed E-state index contributed by atoms with van der Waals surface area (Å²) in [5, 5.41) is 3.75. The summed E-state index contributed by atoms with van der Waals surface area (Å²) in [6, 6.07) is 15.8. The summed E-state index contributed by atoms with van der Waals surface area (Å²) in [6.45, 7) is 6.39. The van der Waals surface area contributed by atoms with E-state index in [9.17, 15) is 9.59 Å². The van der Waals surface area contributed by atoms with Crippen molar-refractivity contribution in [1.82, 2.24) is 15.2 Å². The molecule has 6 heteroatoms. The summed E-state index contributed by atoms with van der Waals surface area (Å²) in [4.78, 5) is 32.6. The fraction of sp³-hybridized carbons (Fsp3) is 0.370. The number of rotatable bonds is 7. The zero-order chi connectivity index (χ0) is 23.4. The second-order valence-corrected chi connectivity index (χ2v) is 8.78. The maximum atomic E-state index is 13.0. The van der Waals surface area contributed by atoms with E-state index in [0.29, 0.717) is 38.2 Å². The second kappa shape index (κ2) is 10.1. The SMILES string of the molecule is COCCNC(=O)c1cc([C@@H]2CCN(C(=O)Cc3ccc(C)c(C)c3)C2)nc2ccccc12. The molecule has 4 rings (SSSR count). The van der Waals surface area contributed by atoms with E-state index in [1.165, 1.54) is 11.1 Å². The number of carbonyl (C=O) groups is 2. The third-order valence-electron chi connectivity index (χ3n) is 6.46. The van der Waals surface area contributed by atoms with E-state index in [-0.39, 0.29) is 17.7 Å². The Morgan fingerprint density at radius 2 is 1.94 bits per heavy atom. The van der Waals surface area contributed by atoms with Gasteiger partial charge in [0.25, 0.3) is 5.91 Å². The summed E-state index contributed by atoms with van der Waals surface area (Å²) >= 11 is 0. The molecule has 1 saturated heterocycles. The van der Waals surface area contributed by atoms with Crippen molar-refractivity contribution in [1.29, 1.82) is 0 Å². The van der Waals surface area contributed by atoms with E-state index in [0.717, 1.165) is 28.6 Å². The lowest BCUT2D eigenvalue weighted by atomic mass is 9.99. The number of aromatic nitrogens is 1. The van der Waals surface area contributed by atoms with Crippen LogP contribution >= 0.6 is 0 Å². The molecule has 0 unspecified atom stereocenters. The van der Waals surface area contributed by atoms with Crippen LogP contribution in [0.2, 0.25) is 0 Å². The Kier molecular flexibility index (Phi) is 7.04. The highest BCUT2D eigenvalue weighted by molar-refractivity contribution is 6.06. The summed E-state index contributed by atoms with van der Waals surface area (Å²) < 4.78 is 5.05. The number of fused-ring (bicyclic) bond motifs is 1. The average Bonchev–Trinajstić information content (AvgIpc) is 3.31. The number of likely N-dealkylation sites (tertiary alicyclic amines) is 1. The lowest BCUT2D eigenvalue weighted by molar-refractivity contribution is -0.129. The molecule has 1 atom stereocenters. The van der Waals surface area contributed by atoms with Crippen LogP contribution in [0.4, 0.5) is 0 Å². The van der Waals surface area contributed by atoms with E-state index in [2.05, 4.69) is 31.3 Å². The van der Waals surface area contributed by atoms with Gasteiger partial charge in [-0.25, -0.2) is 0 Å². The summed E-state index contributed by atoms with van der Waals surface area (Å²) in [5.74, 6) is 0.121. The fourth-order valence-corrected chi connectivity index (χ4v) is 4.38. The number of para-hydroxylation sites is 1. The number of nitrogens with one attached hydrogen (secondary N) is 1. The second-order valence-electron chi connectivity index (χ2n) is 8.78. The summed E-state index contributed by atoms with van der Waals surface area (Å²) in [5.41, 5.74) is 5.77. The monoisotopic (exact) mass is 445 g/mol. The van der Waals surface area contributed by atoms with Gasteiger partial charge in [0.1, 0.15) is 0 Å². The number of ether oxygens (including phenoxy) is 1. The van der Waals surface area contributed by atoms with E-state index in [1.807, 2.05) is 41.3 Å². The van der Waals surface area contributed by atoms with Crippen LogP contribution in [0.25, 0.3) is 10.9 Å². The van der Waals surface area contributed by atoms with Gasteiger partial charge in [0, 0.05) is 43.7 Å². The first-order valence-electron chi connectivity index (χ1n) is 11.5. The van der Waals surface area contributed by atoms with Crippen LogP contribution in [0.1, 0.15) is 45.1 Å². The molecule has 0 aliphatic carbocycles. The van der Waals surface area contributed by atoms with Crippen LogP contribution in [-0.2, 0) is 16.0 Å². The van der Waals surface area contributed by atoms with Gasteiger partial charge in [0.2, 0.25) is 5.91 Å². The molecule has 1 N–H and O–H groups in total. The highest BCUT2D eigenvalue weighted by Crippen LogP contribution is 2.30. The number of pyridine rings is 1. The molecule has 1 aliphatic rings. The predicted molar refractivity (Wildman–Crippen MR) is 130 cm³/mol. The Morgan fingerprint density at radius 3 is 2.73 bits per heavy atom. The number of hydrogen-bond donors (Lipinski definition) is 1. The molecular weight excluding hydrogens is 414 g/mol. The maximum absolute atomic E-state index is 13.0. The standard InChI is InChI=1S/C27H31N3O3/c1-18-8-9-20(14-19(18)2)15-26(31)30-12-10-21(17-30)25-16-23(27(32)28-11-13-33-3)22-6-4-5-7-24(22)29-25/h4-9,14,16,21H,10-13,15,17H2,1-3H3,(H,28,32)/t21-/m1/s1. The van der Waals surface area contributed by atoms with Crippen molar-refractivity contribution >= 4 is 22.7 Å². The zero-order valence-electron chi connectivity index (χ0n) is 19.6. The van der Waals surface area contributed by atoms with Gasteiger partial charge in [-0.1, -0.05) is 36.4 Å². The number of benzene rings is 2. The molecule has 2 heterocycles. The van der Waals surface area contributed by atoms with Crippen molar-refractivity contribution in [2.45, 2.75) is 32.6 Å². The van der Waals surface area contributed by atoms with Gasteiger partial charge in [-0.2, -0.15) is 0 Å². The number of amides is 2. The van der Waals surface area contributed by atoms with Gasteiger partial charge < -0.3 is 15.0 Å². The minimum Gasteiger partial charge on any atom is -0.383 e. The van der Waals surface area contributed by atoms with Crippen molar-refractivity contribution < 1.29 is 14.3 Å². The first-order chi connectivity index (χ1) is 16.0. The number of methoxy groups -OCH3 is 1. The molecule has 172 valence electrons. The average molecular weight is 446 g/mol. The van der Waals surface area contributed by atoms with Gasteiger partial charge in [0.05, 0.1) is 24.1 Å². The topological polar surface area (TPSA) is 71.5 Å². The number of carbonyl (C=O) groups excluding carboxylic acids is 2. The Labute approximate surface area is 195 Å². The van der Waals surface area contributed by atoms with Crippen molar-refractivity contribution in [3.8, 4) is 0 Å². The molecule has 33 heavy (non-hydrogen) atoms. The lowest BCUT2D eigenvalue weighted by Gasteiger charge is -2.18. The molecule has 0 radical (unpaired) electrons. The van der Waals surface area contributed by atoms with Crippen LogP contribution < -0.4 is 5.32 Å². The van der Waals surface area contributed by atoms with E-state index < -0.39 is 0 Å². The Balaban J connectivity index is 1.51. The molecule has 6 nitrogen and oxygen atoms in total. The normalized spacial score (nSPS) is 15.7. The van der Waals surface area contributed by atoms with Crippen LogP contribution in [0, 0.1) is 13.8 Å². The van der Waals surface area contributed by atoms with Gasteiger partial charge in [0.15, 0.2) is 0 Å². The van der Waals surface area contributed by atoms with E-state index in [4.69, 9.17) is 9.72 Å². The van der Waals surface area contributed by atoms with Crippen LogP contribution in [-0.4, -0.2) is 55.0 Å². The zero-order valence-corrected chi connectivity index (χ0v) is 19.6. The van der Waals surface area contributed by atoms with Gasteiger partial charge >= 0.3 is 0 Å². The minimum atomic E-state index is -0.132. The Morgan fingerprint density at radius 1 is 1.12 bits per heavy atom. The highest BCUT2D eigenvalue weighted by atomic mass is 16.5. The van der Waals surface area contributed by atoms with Crippen molar-refractivity contribution in [3.63, 3.8) is 0 Å². The van der Waals surface area contributed by atoms with Crippen LogP contribution in [0.3, 0.4) is 0 Å². The molecule has 1 aliphatic heterocycles. The molecule has 2 amide bonds. The minimum absolute atomic E-state index is 0.115. The Hall–Kier alpha value is -3.25. The first-order valence-corrected chi connectivity index (χ1v) is 11.5. The smallest absolute Gasteiger partial charge is 0.252 e. The molecule has 1 fully saturated rings.